The van der Waals surface area contributed by atoms with E-state index in [2.05, 4.69) is 5.16 Å². The molecule has 1 aromatic carbocycles. The van der Waals surface area contributed by atoms with Crippen LogP contribution in [-0.2, 0) is 4.74 Å². The molecule has 3 N–H and O–H groups in total. The lowest BCUT2D eigenvalue weighted by Gasteiger charge is -2.11. The molecule has 0 heterocycles. The van der Waals surface area contributed by atoms with Gasteiger partial charge in [-0.3, -0.25) is 0 Å². The van der Waals surface area contributed by atoms with Crippen molar-refractivity contribution in [2.45, 2.75) is 13.3 Å². The van der Waals surface area contributed by atoms with Crippen molar-refractivity contribution < 1.29 is 14.7 Å². The van der Waals surface area contributed by atoms with E-state index in [1.54, 1.807) is 18.2 Å². The second kappa shape index (κ2) is 7.79. The predicted molar refractivity (Wildman–Crippen MR) is 70.6 cm³/mol. The maximum Gasteiger partial charge on any atom is 0.173 e. The number of nitrogens with zero attached hydrogens (tertiary/aromatic N) is 1. The summed E-state index contributed by atoms with van der Waals surface area (Å²) in [5.41, 5.74) is 6.04. The van der Waals surface area contributed by atoms with Crippen LogP contribution in [0.5, 0.6) is 5.75 Å². The topological polar surface area (TPSA) is 77.1 Å². The van der Waals surface area contributed by atoms with Crippen molar-refractivity contribution in [1.29, 1.82) is 0 Å². The summed E-state index contributed by atoms with van der Waals surface area (Å²) in [6, 6.07) is 4.91. The van der Waals surface area contributed by atoms with E-state index < -0.39 is 0 Å². The molecule has 0 amide bonds. The van der Waals surface area contributed by atoms with Gasteiger partial charge in [-0.05, 0) is 24.6 Å². The molecular formula is C12H17ClN2O3. The highest BCUT2D eigenvalue weighted by atomic mass is 35.5. The maximum atomic E-state index is 8.67. The molecular weight excluding hydrogens is 256 g/mol. The molecule has 0 aliphatic rings. The number of nitrogens with two attached hydrogens (primary N) is 1. The minimum Gasteiger partial charge on any atom is -0.490 e. The first-order valence-electron chi connectivity index (χ1n) is 5.67. The highest BCUT2D eigenvalue weighted by Gasteiger charge is 2.09. The fraction of sp³-hybridized carbons (Fsp3) is 0.417. The summed E-state index contributed by atoms with van der Waals surface area (Å²) in [5, 5.41) is 12.1. The second-order valence-electron chi connectivity index (χ2n) is 3.59. The van der Waals surface area contributed by atoms with E-state index in [1.807, 2.05) is 6.92 Å². The molecule has 0 radical (unpaired) electrons. The number of oxime groups is 1. The van der Waals surface area contributed by atoms with E-state index in [0.29, 0.717) is 36.2 Å². The Labute approximate surface area is 111 Å². The standard InChI is InChI=1S/C12H17ClN2O3/c1-2-5-17-6-7-18-11-8-9(13)3-4-10(11)12(14)15-16/h3-4,8,16H,2,5-7H2,1H3,(H2,14,15). The van der Waals surface area contributed by atoms with E-state index in [9.17, 15) is 0 Å². The van der Waals surface area contributed by atoms with Crippen molar-refractivity contribution in [1.82, 2.24) is 0 Å². The summed E-state index contributed by atoms with van der Waals surface area (Å²) >= 11 is 5.87. The Bertz CT molecular complexity index is 410. The molecule has 0 unspecified atom stereocenters. The van der Waals surface area contributed by atoms with E-state index >= 15 is 0 Å². The van der Waals surface area contributed by atoms with Gasteiger partial charge in [-0.25, -0.2) is 0 Å². The fourth-order valence-corrected chi connectivity index (χ4v) is 1.50. The normalized spacial score (nSPS) is 11.6. The molecule has 1 rings (SSSR count). The van der Waals surface area contributed by atoms with Gasteiger partial charge in [0.1, 0.15) is 12.4 Å². The largest absolute Gasteiger partial charge is 0.490 e. The average Bonchev–Trinajstić information content (AvgIpc) is 2.38. The molecule has 0 saturated carbocycles. The third-order valence-corrected chi connectivity index (χ3v) is 2.40. The van der Waals surface area contributed by atoms with Gasteiger partial charge in [0.05, 0.1) is 12.2 Å². The van der Waals surface area contributed by atoms with Gasteiger partial charge < -0.3 is 20.4 Å². The molecule has 0 spiro atoms. The van der Waals surface area contributed by atoms with E-state index in [1.165, 1.54) is 0 Å². The van der Waals surface area contributed by atoms with Crippen molar-refractivity contribution >= 4 is 17.4 Å². The molecule has 0 atom stereocenters. The highest BCUT2D eigenvalue weighted by molar-refractivity contribution is 6.30. The summed E-state index contributed by atoms with van der Waals surface area (Å²) in [6.45, 7) is 3.60. The van der Waals surface area contributed by atoms with Gasteiger partial charge in [-0.1, -0.05) is 23.7 Å². The van der Waals surface area contributed by atoms with Crippen LogP contribution in [0.1, 0.15) is 18.9 Å². The van der Waals surface area contributed by atoms with E-state index in [-0.39, 0.29) is 5.84 Å². The maximum absolute atomic E-state index is 8.67. The average molecular weight is 273 g/mol. The van der Waals surface area contributed by atoms with E-state index in [4.69, 9.17) is 32.0 Å². The van der Waals surface area contributed by atoms with Gasteiger partial charge in [0.25, 0.3) is 0 Å². The van der Waals surface area contributed by atoms with Crippen LogP contribution in [0, 0.1) is 0 Å². The summed E-state index contributed by atoms with van der Waals surface area (Å²) in [5.74, 6) is 0.453. The number of hydrogen-bond acceptors (Lipinski definition) is 4. The minimum absolute atomic E-state index is 0.0175. The van der Waals surface area contributed by atoms with Crippen LogP contribution >= 0.6 is 11.6 Å². The molecule has 100 valence electrons. The van der Waals surface area contributed by atoms with Gasteiger partial charge in [-0.2, -0.15) is 0 Å². The molecule has 18 heavy (non-hydrogen) atoms. The lowest BCUT2D eigenvalue weighted by atomic mass is 10.2. The molecule has 0 saturated heterocycles. The third kappa shape index (κ3) is 4.43. The number of hydrogen-bond donors (Lipinski definition) is 2. The number of amidine groups is 1. The molecule has 0 aliphatic heterocycles. The zero-order valence-corrected chi connectivity index (χ0v) is 11.0. The van der Waals surface area contributed by atoms with Gasteiger partial charge in [-0.15, -0.1) is 0 Å². The van der Waals surface area contributed by atoms with Gasteiger partial charge in [0, 0.05) is 11.6 Å². The molecule has 5 nitrogen and oxygen atoms in total. The minimum atomic E-state index is -0.0175. The molecule has 1 aromatic rings. The highest BCUT2D eigenvalue weighted by Crippen LogP contribution is 2.23. The Balaban J connectivity index is 2.65. The summed E-state index contributed by atoms with van der Waals surface area (Å²) in [6.07, 6.45) is 0.965. The van der Waals surface area contributed by atoms with E-state index in [0.717, 1.165) is 6.42 Å². The number of benzene rings is 1. The summed E-state index contributed by atoms with van der Waals surface area (Å²) < 4.78 is 10.8. The number of ether oxygens (including phenoxy) is 2. The summed E-state index contributed by atoms with van der Waals surface area (Å²) in [4.78, 5) is 0. The second-order valence-corrected chi connectivity index (χ2v) is 4.02. The molecule has 0 aromatic heterocycles. The lowest BCUT2D eigenvalue weighted by Crippen LogP contribution is -2.16. The van der Waals surface area contributed by atoms with Gasteiger partial charge in [0.15, 0.2) is 5.84 Å². The Kier molecular flexibility index (Phi) is 6.32. The number of rotatable bonds is 7. The van der Waals surface area contributed by atoms with Crippen LogP contribution < -0.4 is 10.5 Å². The first-order chi connectivity index (χ1) is 8.69. The third-order valence-electron chi connectivity index (χ3n) is 2.16. The Morgan fingerprint density at radius 2 is 2.17 bits per heavy atom. The zero-order valence-electron chi connectivity index (χ0n) is 10.2. The SMILES string of the molecule is CCCOCCOc1cc(Cl)ccc1C(N)=NO. The first-order valence-corrected chi connectivity index (χ1v) is 6.04. The fourth-order valence-electron chi connectivity index (χ4n) is 1.34. The van der Waals surface area contributed by atoms with Crippen LogP contribution in [0.3, 0.4) is 0 Å². The quantitative estimate of drug-likeness (QED) is 0.262. The number of halogens is 1. The first kappa shape index (κ1) is 14.6. The smallest absolute Gasteiger partial charge is 0.173 e. The van der Waals surface area contributed by atoms with Gasteiger partial charge >= 0.3 is 0 Å². The van der Waals surface area contributed by atoms with Gasteiger partial charge in [0.2, 0.25) is 0 Å². The lowest BCUT2D eigenvalue weighted by molar-refractivity contribution is 0.101. The molecule has 0 fully saturated rings. The predicted octanol–water partition coefficient (Wildman–Crippen LogP) is 2.24. The Hall–Kier alpha value is -1.46. The molecule has 0 bridgehead atoms. The Morgan fingerprint density at radius 1 is 1.39 bits per heavy atom. The summed E-state index contributed by atoms with van der Waals surface area (Å²) in [7, 11) is 0. The van der Waals surface area contributed by atoms with Crippen molar-refractivity contribution in [3.05, 3.63) is 28.8 Å². The molecule has 0 aliphatic carbocycles. The van der Waals surface area contributed by atoms with Crippen LogP contribution in [0.15, 0.2) is 23.4 Å². The Morgan fingerprint density at radius 3 is 2.83 bits per heavy atom. The van der Waals surface area contributed by atoms with Crippen LogP contribution in [0.2, 0.25) is 5.02 Å². The van der Waals surface area contributed by atoms with Crippen LogP contribution in [-0.4, -0.2) is 30.9 Å². The van der Waals surface area contributed by atoms with Crippen molar-refractivity contribution in [3.63, 3.8) is 0 Å². The van der Waals surface area contributed by atoms with Crippen molar-refractivity contribution in [3.8, 4) is 5.75 Å². The van der Waals surface area contributed by atoms with Crippen LogP contribution in [0.4, 0.5) is 0 Å². The monoisotopic (exact) mass is 272 g/mol. The van der Waals surface area contributed by atoms with Crippen LogP contribution in [0.25, 0.3) is 0 Å². The molecule has 6 heteroatoms. The van der Waals surface area contributed by atoms with Crippen molar-refractivity contribution in [2.75, 3.05) is 19.8 Å². The zero-order chi connectivity index (χ0) is 13.4. The van der Waals surface area contributed by atoms with Crippen molar-refractivity contribution in [2.24, 2.45) is 10.9 Å².